The summed E-state index contributed by atoms with van der Waals surface area (Å²) in [7, 11) is 8.18. The second-order valence-corrected chi connectivity index (χ2v) is 4.01. The Morgan fingerprint density at radius 1 is 1.60 bits per heavy atom. The highest BCUT2D eigenvalue weighted by Crippen LogP contribution is 2.10. The summed E-state index contributed by atoms with van der Waals surface area (Å²) in [6, 6.07) is 2.15. The van der Waals surface area contributed by atoms with Gasteiger partial charge in [0, 0.05) is 19.7 Å². The van der Waals surface area contributed by atoms with Crippen LogP contribution in [0.4, 0.5) is 0 Å². The van der Waals surface area contributed by atoms with E-state index in [0.29, 0.717) is 0 Å². The fraction of sp³-hybridized carbons (Fsp3) is 0.375. The van der Waals surface area contributed by atoms with Gasteiger partial charge in [0.1, 0.15) is 0 Å². The first-order valence-corrected chi connectivity index (χ1v) is 4.21. The average Bonchev–Trinajstić information content (AvgIpc) is 2.12. The molecule has 0 atom stereocenters. The molecule has 0 N–H and O–H groups in total. The molecular formula is C8H13NS. The first kappa shape index (κ1) is 7.76. The molecule has 0 saturated heterocycles. The summed E-state index contributed by atoms with van der Waals surface area (Å²) in [5.74, 6) is 0. The molecule has 56 valence electrons. The van der Waals surface area contributed by atoms with E-state index in [1.807, 2.05) is 0 Å². The maximum atomic E-state index is 3.99. The van der Waals surface area contributed by atoms with Crippen molar-refractivity contribution in [1.82, 2.24) is 0 Å². The van der Waals surface area contributed by atoms with Crippen molar-refractivity contribution >= 4 is 11.3 Å². The molecule has 1 nitrogen and oxygen atoms in total. The number of rotatable bonds is 2. The van der Waals surface area contributed by atoms with Crippen molar-refractivity contribution in [1.29, 1.82) is 0 Å². The molecule has 0 saturated carbocycles. The standard InChI is InChI=1S/C8H13NS/c1-9(2,3)6-8-4-5-10-7-8/h4-5,7H,1,6H2,2-3H3. The van der Waals surface area contributed by atoms with Gasteiger partial charge in [-0.15, -0.1) is 7.05 Å². The third-order valence-corrected chi connectivity index (χ3v) is 1.92. The van der Waals surface area contributed by atoms with Crippen molar-refractivity contribution in [2.24, 2.45) is 0 Å². The summed E-state index contributed by atoms with van der Waals surface area (Å²) in [5, 5.41) is 4.27. The first-order chi connectivity index (χ1) is 4.58. The predicted octanol–water partition coefficient (Wildman–Crippen LogP) is 2.12. The Hall–Kier alpha value is -0.340. The lowest BCUT2D eigenvalue weighted by Gasteiger charge is -2.32. The van der Waals surface area contributed by atoms with Gasteiger partial charge in [0.2, 0.25) is 0 Å². The Kier molecular flexibility index (Phi) is 2.11. The summed E-state index contributed by atoms with van der Waals surface area (Å²) in [6.45, 7) is 1.02. The highest BCUT2D eigenvalue weighted by atomic mass is 32.1. The van der Waals surface area contributed by atoms with Crippen LogP contribution in [-0.4, -0.2) is 18.6 Å². The van der Waals surface area contributed by atoms with Gasteiger partial charge in [0.15, 0.2) is 0 Å². The molecule has 1 rings (SSSR count). The van der Waals surface area contributed by atoms with Crippen LogP contribution < -0.4 is 0 Å². The van der Waals surface area contributed by atoms with Crippen molar-refractivity contribution in [3.63, 3.8) is 0 Å². The van der Waals surface area contributed by atoms with Crippen LogP contribution in [0, 0.1) is 7.05 Å². The molecule has 10 heavy (non-hydrogen) atoms. The molecule has 1 aromatic heterocycles. The molecule has 0 aliphatic heterocycles. The number of hydrogen-bond acceptors (Lipinski definition) is 1. The van der Waals surface area contributed by atoms with Crippen molar-refractivity contribution in [2.45, 2.75) is 6.54 Å². The highest BCUT2D eigenvalue weighted by molar-refractivity contribution is 7.07. The van der Waals surface area contributed by atoms with Gasteiger partial charge in [-0.3, -0.25) is 0 Å². The smallest absolute Gasteiger partial charge is 0.0807 e. The minimum Gasteiger partial charge on any atom is -0.458 e. The highest BCUT2D eigenvalue weighted by Gasteiger charge is 2.01. The van der Waals surface area contributed by atoms with Gasteiger partial charge in [0.25, 0.3) is 0 Å². The van der Waals surface area contributed by atoms with Crippen LogP contribution >= 0.6 is 11.3 Å². The Morgan fingerprint density at radius 3 is 2.70 bits per heavy atom. The summed E-state index contributed by atoms with van der Waals surface area (Å²) in [6.07, 6.45) is 0. The topological polar surface area (TPSA) is 0 Å². The Labute approximate surface area is 66.5 Å². The van der Waals surface area contributed by atoms with Gasteiger partial charge in [-0.25, -0.2) is 0 Å². The van der Waals surface area contributed by atoms with Crippen molar-refractivity contribution in [3.8, 4) is 0 Å². The van der Waals surface area contributed by atoms with Gasteiger partial charge in [-0.05, 0) is 16.8 Å². The number of thiophene rings is 1. The van der Waals surface area contributed by atoms with Gasteiger partial charge in [0.05, 0.1) is 6.54 Å². The fourth-order valence-corrected chi connectivity index (χ4v) is 1.54. The van der Waals surface area contributed by atoms with E-state index in [9.17, 15) is 0 Å². The van der Waals surface area contributed by atoms with Crippen molar-refractivity contribution in [3.05, 3.63) is 29.4 Å². The Balaban J connectivity index is 2.57. The van der Waals surface area contributed by atoms with Gasteiger partial charge >= 0.3 is 0 Å². The first-order valence-electron chi connectivity index (χ1n) is 3.26. The molecule has 0 aliphatic rings. The van der Waals surface area contributed by atoms with E-state index in [-0.39, 0.29) is 0 Å². The van der Waals surface area contributed by atoms with Crippen LogP contribution in [0.1, 0.15) is 5.56 Å². The Bertz CT molecular complexity index is 184. The molecule has 0 aromatic carbocycles. The summed E-state index contributed by atoms with van der Waals surface area (Å²) < 4.78 is 0.761. The minimum atomic E-state index is 0.761. The van der Waals surface area contributed by atoms with E-state index in [0.717, 1.165) is 11.0 Å². The van der Waals surface area contributed by atoms with Gasteiger partial charge < -0.3 is 4.48 Å². The lowest BCUT2D eigenvalue weighted by Crippen LogP contribution is -2.30. The van der Waals surface area contributed by atoms with Crippen LogP contribution in [0.25, 0.3) is 0 Å². The van der Waals surface area contributed by atoms with Crippen LogP contribution in [-0.2, 0) is 6.54 Å². The normalized spacial score (nSPS) is 11.9. The molecular weight excluding hydrogens is 142 g/mol. The quantitative estimate of drug-likeness (QED) is 0.453. The maximum Gasteiger partial charge on any atom is 0.0807 e. The van der Waals surface area contributed by atoms with E-state index in [1.54, 1.807) is 11.3 Å². The molecule has 0 fully saturated rings. The minimum absolute atomic E-state index is 0.761. The molecule has 0 aliphatic carbocycles. The Morgan fingerprint density at radius 2 is 2.30 bits per heavy atom. The van der Waals surface area contributed by atoms with E-state index < -0.39 is 0 Å². The molecule has 0 unspecified atom stereocenters. The van der Waals surface area contributed by atoms with E-state index >= 15 is 0 Å². The van der Waals surface area contributed by atoms with Crippen LogP contribution in [0.5, 0.6) is 0 Å². The lowest BCUT2D eigenvalue weighted by molar-refractivity contribution is -0.859. The van der Waals surface area contributed by atoms with Crippen LogP contribution in [0.15, 0.2) is 16.8 Å². The zero-order chi connectivity index (χ0) is 7.61. The molecule has 0 radical (unpaired) electrons. The maximum absolute atomic E-state index is 3.99. The third kappa shape index (κ3) is 2.50. The SMILES string of the molecule is [CH2-][N+](C)(C)Cc1ccsc1. The molecule has 1 aromatic rings. The molecule has 0 spiro atoms. The number of hydrogen-bond donors (Lipinski definition) is 0. The summed E-state index contributed by atoms with van der Waals surface area (Å²) in [5.41, 5.74) is 1.38. The van der Waals surface area contributed by atoms with Gasteiger partial charge in [-0.2, -0.15) is 11.3 Å². The second kappa shape index (κ2) is 2.72. The average molecular weight is 155 g/mol. The fourth-order valence-electron chi connectivity index (χ4n) is 0.877. The summed E-state index contributed by atoms with van der Waals surface area (Å²) >= 11 is 1.74. The van der Waals surface area contributed by atoms with E-state index in [4.69, 9.17) is 0 Å². The van der Waals surface area contributed by atoms with E-state index in [2.05, 4.69) is 38.0 Å². The van der Waals surface area contributed by atoms with Crippen LogP contribution in [0.3, 0.4) is 0 Å². The van der Waals surface area contributed by atoms with Crippen molar-refractivity contribution in [2.75, 3.05) is 14.1 Å². The molecule has 2 heteroatoms. The predicted molar refractivity (Wildman–Crippen MR) is 45.5 cm³/mol. The zero-order valence-corrected chi connectivity index (χ0v) is 7.32. The van der Waals surface area contributed by atoms with E-state index in [1.165, 1.54) is 5.56 Å². The second-order valence-electron chi connectivity index (χ2n) is 3.23. The van der Waals surface area contributed by atoms with Crippen LogP contribution in [0.2, 0.25) is 0 Å². The molecule has 0 amide bonds. The number of nitrogens with zero attached hydrogens (tertiary/aromatic N) is 1. The van der Waals surface area contributed by atoms with Gasteiger partial charge in [-0.1, -0.05) is 0 Å². The third-order valence-electron chi connectivity index (χ3n) is 1.19. The largest absolute Gasteiger partial charge is 0.458 e. The molecule has 1 heterocycles. The lowest BCUT2D eigenvalue weighted by atomic mass is 10.3. The number of quaternary nitrogens is 1. The van der Waals surface area contributed by atoms with Crippen molar-refractivity contribution < 1.29 is 4.48 Å². The molecule has 0 bridgehead atoms. The monoisotopic (exact) mass is 155 g/mol. The summed E-state index contributed by atoms with van der Waals surface area (Å²) in [4.78, 5) is 0. The zero-order valence-electron chi connectivity index (χ0n) is 6.50.